The van der Waals surface area contributed by atoms with Crippen LogP contribution in [-0.4, -0.2) is 9.78 Å². The second kappa shape index (κ2) is 5.80. The molecule has 20 heavy (non-hydrogen) atoms. The van der Waals surface area contributed by atoms with Crippen molar-refractivity contribution >= 4 is 0 Å². The number of benzene rings is 1. The summed E-state index contributed by atoms with van der Waals surface area (Å²) < 4.78 is 1.99. The van der Waals surface area contributed by atoms with Crippen LogP contribution >= 0.6 is 0 Å². The van der Waals surface area contributed by atoms with Crippen LogP contribution in [0.15, 0.2) is 36.7 Å². The van der Waals surface area contributed by atoms with Gasteiger partial charge in [0.2, 0.25) is 0 Å². The molecular formula is C17H23N3. The summed E-state index contributed by atoms with van der Waals surface area (Å²) in [6.07, 6.45) is 7.84. The van der Waals surface area contributed by atoms with Crippen LogP contribution in [0.2, 0.25) is 0 Å². The molecule has 0 fully saturated rings. The fourth-order valence-electron chi connectivity index (χ4n) is 3.10. The van der Waals surface area contributed by atoms with Gasteiger partial charge in [-0.05, 0) is 44.2 Å². The lowest BCUT2D eigenvalue weighted by Gasteiger charge is -2.29. The molecule has 0 radical (unpaired) electrons. The summed E-state index contributed by atoms with van der Waals surface area (Å²) in [6, 6.07) is 9.65. The van der Waals surface area contributed by atoms with Gasteiger partial charge in [-0.25, -0.2) is 0 Å². The Morgan fingerprint density at radius 2 is 2.25 bits per heavy atom. The molecule has 3 heteroatoms. The van der Waals surface area contributed by atoms with Crippen molar-refractivity contribution in [2.75, 3.05) is 0 Å². The molecule has 0 aliphatic heterocycles. The molecule has 1 aliphatic rings. The third-order valence-electron chi connectivity index (χ3n) is 4.30. The molecule has 2 atom stereocenters. The Balaban J connectivity index is 1.75. The molecule has 3 nitrogen and oxygen atoms in total. The Morgan fingerprint density at radius 3 is 3.05 bits per heavy atom. The average Bonchev–Trinajstić information content (AvgIpc) is 2.97. The van der Waals surface area contributed by atoms with Gasteiger partial charge in [-0.3, -0.25) is 4.68 Å². The number of nitrogens with zero attached hydrogens (tertiary/aromatic N) is 2. The van der Waals surface area contributed by atoms with Crippen molar-refractivity contribution in [2.24, 2.45) is 0 Å². The second-order valence-electron chi connectivity index (χ2n) is 5.66. The van der Waals surface area contributed by atoms with E-state index in [4.69, 9.17) is 0 Å². The Kier molecular flexibility index (Phi) is 3.88. The minimum Gasteiger partial charge on any atom is -0.303 e. The Labute approximate surface area is 121 Å². The van der Waals surface area contributed by atoms with Gasteiger partial charge in [0.15, 0.2) is 0 Å². The van der Waals surface area contributed by atoms with E-state index in [1.54, 1.807) is 0 Å². The van der Waals surface area contributed by atoms with E-state index in [9.17, 15) is 0 Å². The van der Waals surface area contributed by atoms with Crippen LogP contribution in [-0.2, 0) is 13.0 Å². The summed E-state index contributed by atoms with van der Waals surface area (Å²) in [4.78, 5) is 0. The van der Waals surface area contributed by atoms with Gasteiger partial charge in [-0.2, -0.15) is 5.10 Å². The zero-order valence-electron chi connectivity index (χ0n) is 12.3. The van der Waals surface area contributed by atoms with Crippen molar-refractivity contribution in [1.82, 2.24) is 15.1 Å². The van der Waals surface area contributed by atoms with E-state index in [0.717, 1.165) is 6.54 Å². The summed E-state index contributed by atoms with van der Waals surface area (Å²) in [5.41, 5.74) is 4.26. The van der Waals surface area contributed by atoms with Crippen molar-refractivity contribution in [1.29, 1.82) is 0 Å². The molecule has 1 N–H and O–H groups in total. The molecule has 106 valence electrons. The van der Waals surface area contributed by atoms with Gasteiger partial charge in [-0.15, -0.1) is 0 Å². The quantitative estimate of drug-likeness (QED) is 0.918. The molecule has 1 aromatic carbocycles. The summed E-state index contributed by atoms with van der Waals surface area (Å²) in [5.74, 6) is 0. The van der Waals surface area contributed by atoms with Gasteiger partial charge in [0.05, 0.1) is 6.20 Å². The zero-order chi connectivity index (χ0) is 13.9. The lowest BCUT2D eigenvalue weighted by molar-refractivity contribution is 0.415. The zero-order valence-corrected chi connectivity index (χ0v) is 12.3. The maximum atomic E-state index is 4.37. The van der Waals surface area contributed by atoms with Crippen LogP contribution in [0, 0.1) is 0 Å². The lowest BCUT2D eigenvalue weighted by Crippen LogP contribution is -2.27. The van der Waals surface area contributed by atoms with E-state index in [1.807, 2.05) is 10.9 Å². The molecule has 0 amide bonds. The Hall–Kier alpha value is -1.61. The molecule has 1 heterocycles. The molecule has 1 aliphatic carbocycles. The fraction of sp³-hybridized carbons (Fsp3) is 0.471. The first-order chi connectivity index (χ1) is 9.78. The number of rotatable bonds is 4. The largest absolute Gasteiger partial charge is 0.303 e. The summed E-state index contributed by atoms with van der Waals surface area (Å²) in [6.45, 7) is 5.28. The number of fused-ring (bicyclic) bond motifs is 1. The van der Waals surface area contributed by atoms with Gasteiger partial charge in [0.25, 0.3) is 0 Å². The van der Waals surface area contributed by atoms with Crippen molar-refractivity contribution in [3.63, 3.8) is 0 Å². The molecule has 2 aromatic rings. The molecular weight excluding hydrogens is 246 g/mol. The molecule has 0 spiro atoms. The highest BCUT2D eigenvalue weighted by Gasteiger charge is 2.21. The van der Waals surface area contributed by atoms with Gasteiger partial charge in [0.1, 0.15) is 0 Å². The highest BCUT2D eigenvalue weighted by molar-refractivity contribution is 5.32. The number of aryl methyl sites for hydroxylation is 2. The summed E-state index contributed by atoms with van der Waals surface area (Å²) in [7, 11) is 0. The Morgan fingerprint density at radius 1 is 1.40 bits per heavy atom. The lowest BCUT2D eigenvalue weighted by atomic mass is 9.87. The molecule has 0 saturated heterocycles. The maximum Gasteiger partial charge on any atom is 0.0537 e. The van der Waals surface area contributed by atoms with Gasteiger partial charge < -0.3 is 5.32 Å². The van der Waals surface area contributed by atoms with Gasteiger partial charge in [0, 0.05) is 30.4 Å². The van der Waals surface area contributed by atoms with Gasteiger partial charge >= 0.3 is 0 Å². The first kappa shape index (κ1) is 13.4. The standard InChI is InChI=1S/C17H23N3/c1-3-20-12-15(11-18-20)13(2)19-17-10-6-8-14-7-4-5-9-16(14)17/h4-5,7,9,11-13,17,19H,3,6,8,10H2,1-2H3. The number of hydrogen-bond donors (Lipinski definition) is 1. The second-order valence-corrected chi connectivity index (χ2v) is 5.66. The third-order valence-corrected chi connectivity index (χ3v) is 4.30. The minimum atomic E-state index is 0.339. The first-order valence-corrected chi connectivity index (χ1v) is 7.64. The van der Waals surface area contributed by atoms with E-state index >= 15 is 0 Å². The van der Waals surface area contributed by atoms with Gasteiger partial charge in [-0.1, -0.05) is 24.3 Å². The van der Waals surface area contributed by atoms with E-state index in [1.165, 1.54) is 36.0 Å². The van der Waals surface area contributed by atoms with Crippen molar-refractivity contribution < 1.29 is 0 Å². The SMILES string of the molecule is CCn1cc(C(C)NC2CCCc3ccccc32)cn1. The van der Waals surface area contributed by atoms with Crippen LogP contribution in [0.3, 0.4) is 0 Å². The first-order valence-electron chi connectivity index (χ1n) is 7.64. The smallest absolute Gasteiger partial charge is 0.0537 e. The highest BCUT2D eigenvalue weighted by Crippen LogP contribution is 2.31. The van der Waals surface area contributed by atoms with E-state index < -0.39 is 0 Å². The monoisotopic (exact) mass is 269 g/mol. The van der Waals surface area contributed by atoms with E-state index in [2.05, 4.69) is 54.7 Å². The summed E-state index contributed by atoms with van der Waals surface area (Å²) >= 11 is 0. The van der Waals surface area contributed by atoms with Crippen LogP contribution in [0.1, 0.15) is 55.5 Å². The van der Waals surface area contributed by atoms with Crippen LogP contribution in [0.4, 0.5) is 0 Å². The molecule has 3 rings (SSSR count). The van der Waals surface area contributed by atoms with E-state index in [0.29, 0.717) is 12.1 Å². The van der Waals surface area contributed by atoms with Crippen molar-refractivity contribution in [3.8, 4) is 0 Å². The normalized spacial score (nSPS) is 19.6. The molecule has 1 aromatic heterocycles. The topological polar surface area (TPSA) is 29.9 Å². The number of nitrogens with one attached hydrogen (secondary N) is 1. The van der Waals surface area contributed by atoms with E-state index in [-0.39, 0.29) is 0 Å². The third kappa shape index (κ3) is 2.63. The van der Waals surface area contributed by atoms with Crippen molar-refractivity contribution in [3.05, 3.63) is 53.3 Å². The number of aromatic nitrogens is 2. The predicted molar refractivity (Wildman–Crippen MR) is 81.6 cm³/mol. The molecule has 2 unspecified atom stereocenters. The van der Waals surface area contributed by atoms with Crippen LogP contribution in [0.5, 0.6) is 0 Å². The average molecular weight is 269 g/mol. The molecule has 0 bridgehead atoms. The summed E-state index contributed by atoms with van der Waals surface area (Å²) in [5, 5.41) is 8.15. The highest BCUT2D eigenvalue weighted by atomic mass is 15.3. The molecule has 0 saturated carbocycles. The van der Waals surface area contributed by atoms with Crippen LogP contribution in [0.25, 0.3) is 0 Å². The minimum absolute atomic E-state index is 0.339. The van der Waals surface area contributed by atoms with Crippen molar-refractivity contribution in [2.45, 2.75) is 51.7 Å². The number of hydrogen-bond acceptors (Lipinski definition) is 2. The predicted octanol–water partition coefficient (Wildman–Crippen LogP) is 3.63. The fourth-order valence-corrected chi connectivity index (χ4v) is 3.10. The Bertz CT molecular complexity index is 573. The van der Waals surface area contributed by atoms with Crippen LogP contribution < -0.4 is 5.32 Å². The maximum absolute atomic E-state index is 4.37.